The summed E-state index contributed by atoms with van der Waals surface area (Å²) in [6.07, 6.45) is 2.21. The molecule has 9 nitrogen and oxygen atoms in total. The van der Waals surface area contributed by atoms with Crippen LogP contribution in [0.25, 0.3) is 0 Å². The third-order valence-electron chi connectivity index (χ3n) is 6.05. The summed E-state index contributed by atoms with van der Waals surface area (Å²) in [7, 11) is 0. The Kier molecular flexibility index (Phi) is 6.36. The van der Waals surface area contributed by atoms with E-state index in [0.717, 1.165) is 10.6 Å². The monoisotopic (exact) mass is 499 g/mol. The average Bonchev–Trinajstić information content (AvgIpc) is 3.60. The summed E-state index contributed by atoms with van der Waals surface area (Å²) >= 11 is 7.55. The molecule has 1 unspecified atom stereocenters. The number of piperazine rings is 1. The molecule has 1 fully saturated rings. The number of benzene rings is 1. The molecular formula is C23H22ClN5O4S. The van der Waals surface area contributed by atoms with Crippen LogP contribution in [0.4, 0.5) is 11.4 Å². The zero-order chi connectivity index (χ0) is 23.7. The molecule has 34 heavy (non-hydrogen) atoms. The number of hydrogen-bond acceptors (Lipinski definition) is 8. The second kappa shape index (κ2) is 9.57. The summed E-state index contributed by atoms with van der Waals surface area (Å²) in [5, 5.41) is 20.0. The molecule has 3 aromatic rings. The van der Waals surface area contributed by atoms with Crippen molar-refractivity contribution in [1.82, 2.24) is 9.91 Å². The van der Waals surface area contributed by atoms with E-state index in [1.165, 1.54) is 6.07 Å². The number of anilines is 1. The number of carbonyl (C=O) groups excluding carboxylic acids is 1. The molecular weight excluding hydrogens is 478 g/mol. The zero-order valence-electron chi connectivity index (χ0n) is 18.2. The molecule has 1 saturated heterocycles. The Hall–Kier alpha value is -3.21. The van der Waals surface area contributed by atoms with Gasteiger partial charge in [0.25, 0.3) is 11.6 Å². The maximum absolute atomic E-state index is 13.3. The molecule has 0 aliphatic carbocycles. The van der Waals surface area contributed by atoms with E-state index in [2.05, 4.69) is 10.0 Å². The van der Waals surface area contributed by atoms with E-state index < -0.39 is 4.92 Å². The summed E-state index contributed by atoms with van der Waals surface area (Å²) in [6, 6.07) is 12.2. The van der Waals surface area contributed by atoms with Crippen LogP contribution in [-0.2, 0) is 4.79 Å². The standard InChI is InChI=1S/C23H22ClN5O4S/c24-16-5-6-18(19(13-16)29(31)32)27-9-7-26(8-10-27)15-23(30)28-20(22-4-2-12-34-22)14-17(25-28)21-3-1-11-33-21/h1-6,11-13,20H,7-10,14-15H2. The van der Waals surface area contributed by atoms with Crippen molar-refractivity contribution >= 4 is 45.9 Å². The van der Waals surface area contributed by atoms with Gasteiger partial charge >= 0.3 is 0 Å². The largest absolute Gasteiger partial charge is 0.463 e. The quantitative estimate of drug-likeness (QED) is 0.368. The number of hydrogen-bond donors (Lipinski definition) is 0. The van der Waals surface area contributed by atoms with E-state index in [1.54, 1.807) is 34.7 Å². The lowest BCUT2D eigenvalue weighted by atomic mass is 10.1. The molecule has 2 aliphatic rings. The molecule has 1 aromatic carbocycles. The van der Waals surface area contributed by atoms with Crippen LogP contribution in [0.15, 0.2) is 63.6 Å². The van der Waals surface area contributed by atoms with Crippen LogP contribution in [0.3, 0.4) is 0 Å². The fourth-order valence-electron chi connectivity index (χ4n) is 4.36. The Labute approximate surface area is 205 Å². The van der Waals surface area contributed by atoms with Gasteiger partial charge in [0.1, 0.15) is 17.2 Å². The average molecular weight is 500 g/mol. The molecule has 0 radical (unpaired) electrons. The lowest BCUT2D eigenvalue weighted by molar-refractivity contribution is -0.384. The highest BCUT2D eigenvalue weighted by Crippen LogP contribution is 2.36. The summed E-state index contributed by atoms with van der Waals surface area (Å²) in [5.74, 6) is 0.598. The number of nitro groups is 1. The van der Waals surface area contributed by atoms with E-state index in [1.807, 2.05) is 34.5 Å². The summed E-state index contributed by atoms with van der Waals surface area (Å²) in [6.45, 7) is 2.60. The van der Waals surface area contributed by atoms with Crippen molar-refractivity contribution in [3.05, 3.63) is 79.9 Å². The summed E-state index contributed by atoms with van der Waals surface area (Å²) in [4.78, 5) is 29.5. The Balaban J connectivity index is 1.26. The van der Waals surface area contributed by atoms with Crippen LogP contribution in [-0.4, -0.2) is 59.2 Å². The Morgan fingerprint density at radius 1 is 1.21 bits per heavy atom. The van der Waals surface area contributed by atoms with Crippen LogP contribution in [0.1, 0.15) is 23.1 Å². The topological polar surface area (TPSA) is 95.4 Å². The highest BCUT2D eigenvalue weighted by atomic mass is 35.5. The van der Waals surface area contributed by atoms with Crippen LogP contribution in [0.2, 0.25) is 5.02 Å². The fourth-order valence-corrected chi connectivity index (χ4v) is 5.33. The highest BCUT2D eigenvalue weighted by Gasteiger charge is 2.35. The molecule has 0 spiro atoms. The molecule has 2 aliphatic heterocycles. The number of hydrazone groups is 1. The van der Waals surface area contributed by atoms with E-state index in [0.29, 0.717) is 49.1 Å². The number of nitro benzene ring substituents is 1. The van der Waals surface area contributed by atoms with E-state index in [-0.39, 0.29) is 24.2 Å². The van der Waals surface area contributed by atoms with Crippen LogP contribution in [0.5, 0.6) is 0 Å². The third-order valence-corrected chi connectivity index (χ3v) is 7.26. The Morgan fingerprint density at radius 3 is 2.71 bits per heavy atom. The normalized spacial score (nSPS) is 18.9. The predicted octanol–water partition coefficient (Wildman–Crippen LogP) is 4.40. The van der Waals surface area contributed by atoms with Crippen molar-refractivity contribution in [1.29, 1.82) is 0 Å². The van der Waals surface area contributed by atoms with Crippen LogP contribution in [0, 0.1) is 10.1 Å². The van der Waals surface area contributed by atoms with Gasteiger partial charge in [-0.25, -0.2) is 5.01 Å². The highest BCUT2D eigenvalue weighted by molar-refractivity contribution is 7.10. The minimum absolute atomic E-state index is 0.00678. The number of halogens is 1. The Morgan fingerprint density at radius 2 is 2.03 bits per heavy atom. The smallest absolute Gasteiger partial charge is 0.294 e. The van der Waals surface area contributed by atoms with Crippen molar-refractivity contribution in [2.24, 2.45) is 5.10 Å². The van der Waals surface area contributed by atoms with E-state index >= 15 is 0 Å². The van der Waals surface area contributed by atoms with Crippen molar-refractivity contribution < 1.29 is 14.1 Å². The minimum atomic E-state index is -0.413. The fraction of sp³-hybridized carbons (Fsp3) is 0.304. The van der Waals surface area contributed by atoms with E-state index in [9.17, 15) is 14.9 Å². The van der Waals surface area contributed by atoms with Gasteiger partial charge in [0.05, 0.1) is 23.8 Å². The van der Waals surface area contributed by atoms with E-state index in [4.69, 9.17) is 16.0 Å². The van der Waals surface area contributed by atoms with Crippen molar-refractivity contribution in [3.63, 3.8) is 0 Å². The van der Waals surface area contributed by atoms with Crippen molar-refractivity contribution in [2.45, 2.75) is 12.5 Å². The van der Waals surface area contributed by atoms with Gasteiger partial charge in [0.15, 0.2) is 0 Å². The third kappa shape index (κ3) is 4.56. The molecule has 4 heterocycles. The van der Waals surface area contributed by atoms with Gasteiger partial charge in [-0.05, 0) is 35.7 Å². The van der Waals surface area contributed by atoms with Gasteiger partial charge in [-0.2, -0.15) is 5.10 Å². The first-order valence-corrected chi connectivity index (χ1v) is 12.1. The second-order valence-corrected chi connectivity index (χ2v) is 9.57. The molecule has 5 rings (SSSR count). The first-order valence-electron chi connectivity index (χ1n) is 10.9. The first-order chi connectivity index (χ1) is 16.5. The number of thiophene rings is 1. The second-order valence-electron chi connectivity index (χ2n) is 8.15. The maximum atomic E-state index is 13.3. The van der Waals surface area contributed by atoms with Gasteiger partial charge in [0.2, 0.25) is 0 Å². The number of furan rings is 1. The SMILES string of the molecule is O=C(CN1CCN(c2ccc(Cl)cc2[N+](=O)[O-])CC1)N1N=C(c2ccco2)CC1c1cccs1. The molecule has 1 atom stereocenters. The van der Waals surface area contributed by atoms with Gasteiger partial charge < -0.3 is 9.32 Å². The van der Waals surface area contributed by atoms with Gasteiger partial charge in [-0.1, -0.05) is 17.7 Å². The summed E-state index contributed by atoms with van der Waals surface area (Å²) < 4.78 is 5.51. The molecule has 176 valence electrons. The molecule has 1 amide bonds. The zero-order valence-corrected chi connectivity index (χ0v) is 19.7. The van der Waals surface area contributed by atoms with Crippen molar-refractivity contribution in [2.75, 3.05) is 37.6 Å². The maximum Gasteiger partial charge on any atom is 0.294 e. The Bertz CT molecular complexity index is 1210. The lowest BCUT2D eigenvalue weighted by Crippen LogP contribution is -2.49. The molecule has 11 heteroatoms. The molecule has 0 bridgehead atoms. The van der Waals surface area contributed by atoms with Gasteiger partial charge in [0, 0.05) is 48.6 Å². The number of carbonyl (C=O) groups is 1. The van der Waals surface area contributed by atoms with Gasteiger partial charge in [-0.15, -0.1) is 11.3 Å². The summed E-state index contributed by atoms with van der Waals surface area (Å²) in [5.41, 5.74) is 1.30. The molecule has 2 aromatic heterocycles. The van der Waals surface area contributed by atoms with Gasteiger partial charge in [-0.3, -0.25) is 19.8 Å². The number of amides is 1. The minimum Gasteiger partial charge on any atom is -0.463 e. The predicted molar refractivity (Wildman–Crippen MR) is 131 cm³/mol. The van der Waals surface area contributed by atoms with Crippen LogP contribution < -0.4 is 4.90 Å². The lowest BCUT2D eigenvalue weighted by Gasteiger charge is -2.36. The molecule has 0 N–H and O–H groups in total. The molecule has 0 saturated carbocycles. The number of rotatable bonds is 6. The number of nitrogens with zero attached hydrogens (tertiary/aromatic N) is 5. The first kappa shape index (κ1) is 22.6. The van der Waals surface area contributed by atoms with Crippen molar-refractivity contribution in [3.8, 4) is 0 Å². The van der Waals surface area contributed by atoms with Crippen LogP contribution >= 0.6 is 22.9 Å².